The van der Waals surface area contributed by atoms with E-state index in [1.54, 1.807) is 0 Å². The Hall–Kier alpha value is -1.24. The van der Waals surface area contributed by atoms with Crippen molar-refractivity contribution in [3.05, 3.63) is 10.4 Å². The van der Waals surface area contributed by atoms with Crippen LogP contribution in [0.2, 0.25) is 0 Å². The third kappa shape index (κ3) is 4.56. The van der Waals surface area contributed by atoms with Gasteiger partial charge in [-0.05, 0) is 36.6 Å². The van der Waals surface area contributed by atoms with E-state index in [0.29, 0.717) is 24.9 Å². The minimum absolute atomic E-state index is 0.400. The quantitative estimate of drug-likeness (QED) is 0.338. The van der Waals surface area contributed by atoms with E-state index in [0.717, 1.165) is 19.3 Å². The van der Waals surface area contributed by atoms with E-state index in [1.165, 1.54) is 12.8 Å². The Bertz CT molecular complexity index is 340. The van der Waals surface area contributed by atoms with E-state index in [2.05, 4.69) is 35.3 Å². The summed E-state index contributed by atoms with van der Waals surface area (Å²) in [5, 5.41) is 16.2. The summed E-state index contributed by atoms with van der Waals surface area (Å²) in [4.78, 5) is 2.72. The Morgan fingerprint density at radius 2 is 2.39 bits per heavy atom. The third-order valence-corrected chi connectivity index (χ3v) is 3.61. The molecule has 2 atom stereocenters. The van der Waals surface area contributed by atoms with E-state index < -0.39 is 5.54 Å². The third-order valence-electron chi connectivity index (χ3n) is 3.61. The predicted molar refractivity (Wildman–Crippen MR) is 71.8 cm³/mol. The predicted octanol–water partition coefficient (Wildman–Crippen LogP) is 3.38. The van der Waals surface area contributed by atoms with Crippen molar-refractivity contribution in [3.8, 4) is 6.07 Å². The summed E-state index contributed by atoms with van der Waals surface area (Å²) in [5.41, 5.74) is 7.83. The fraction of sp³-hybridized carbons (Fsp3) is 0.923. The van der Waals surface area contributed by atoms with Crippen LogP contribution in [-0.2, 0) is 0 Å². The van der Waals surface area contributed by atoms with Gasteiger partial charge < -0.3 is 0 Å². The SMILES string of the molecule is CC(C)CC1CCCC(C#N)(NCCN=[N+]=[N-])C1. The molecule has 1 saturated carbocycles. The van der Waals surface area contributed by atoms with Gasteiger partial charge in [-0.2, -0.15) is 5.26 Å². The van der Waals surface area contributed by atoms with Gasteiger partial charge >= 0.3 is 0 Å². The zero-order valence-corrected chi connectivity index (χ0v) is 11.4. The standard InChI is InChI=1S/C13H23N5/c1-11(2)8-12-4-3-5-13(9-12,10-14)16-6-7-17-18-15/h11-12,16H,3-9H2,1-2H3. The second-order valence-electron chi connectivity index (χ2n) is 5.67. The molecule has 18 heavy (non-hydrogen) atoms. The molecule has 0 aromatic heterocycles. The van der Waals surface area contributed by atoms with Crippen molar-refractivity contribution in [3.63, 3.8) is 0 Å². The van der Waals surface area contributed by atoms with Gasteiger partial charge in [0.05, 0.1) is 6.07 Å². The molecule has 0 saturated heterocycles. The molecular weight excluding hydrogens is 226 g/mol. The number of nitrogens with zero attached hydrogens (tertiary/aromatic N) is 4. The van der Waals surface area contributed by atoms with Gasteiger partial charge in [-0.3, -0.25) is 5.32 Å². The van der Waals surface area contributed by atoms with Crippen molar-refractivity contribution in [1.29, 1.82) is 5.26 Å². The summed E-state index contributed by atoms with van der Waals surface area (Å²) < 4.78 is 0. The van der Waals surface area contributed by atoms with Crippen molar-refractivity contribution >= 4 is 0 Å². The minimum Gasteiger partial charge on any atom is -0.299 e. The first-order valence-electron chi connectivity index (χ1n) is 6.79. The number of nitrogens with one attached hydrogen (secondary N) is 1. The number of hydrogen-bond acceptors (Lipinski definition) is 3. The number of rotatable bonds is 6. The summed E-state index contributed by atoms with van der Waals surface area (Å²) >= 11 is 0. The second kappa shape index (κ2) is 7.25. The average molecular weight is 249 g/mol. The van der Waals surface area contributed by atoms with Crippen LogP contribution in [0.5, 0.6) is 0 Å². The zero-order chi connectivity index (χ0) is 13.4. The molecule has 1 aliphatic carbocycles. The summed E-state index contributed by atoms with van der Waals surface area (Å²) in [5.74, 6) is 1.33. The maximum Gasteiger partial charge on any atom is 0.107 e. The molecule has 2 unspecified atom stereocenters. The first-order chi connectivity index (χ1) is 8.62. The molecule has 1 N–H and O–H groups in total. The van der Waals surface area contributed by atoms with E-state index in [1.807, 2.05) is 0 Å². The highest BCUT2D eigenvalue weighted by Gasteiger charge is 2.35. The molecule has 5 heteroatoms. The van der Waals surface area contributed by atoms with Crippen molar-refractivity contribution in [2.75, 3.05) is 13.1 Å². The van der Waals surface area contributed by atoms with E-state index in [4.69, 9.17) is 5.53 Å². The van der Waals surface area contributed by atoms with Crippen LogP contribution < -0.4 is 5.32 Å². The van der Waals surface area contributed by atoms with Crippen LogP contribution in [0.25, 0.3) is 10.4 Å². The van der Waals surface area contributed by atoms with Gasteiger partial charge in [0.1, 0.15) is 5.54 Å². The lowest BCUT2D eigenvalue weighted by Crippen LogP contribution is -2.48. The molecule has 0 spiro atoms. The lowest BCUT2D eigenvalue weighted by atomic mass is 9.74. The fourth-order valence-corrected chi connectivity index (χ4v) is 2.95. The second-order valence-corrected chi connectivity index (χ2v) is 5.67. The smallest absolute Gasteiger partial charge is 0.107 e. The van der Waals surface area contributed by atoms with Gasteiger partial charge in [-0.15, -0.1) is 0 Å². The summed E-state index contributed by atoms with van der Waals surface area (Å²) in [6.45, 7) is 5.47. The van der Waals surface area contributed by atoms with Gasteiger partial charge in [0, 0.05) is 18.0 Å². The van der Waals surface area contributed by atoms with Crippen molar-refractivity contribution in [2.24, 2.45) is 17.0 Å². The molecular formula is C13H23N5. The van der Waals surface area contributed by atoms with Crippen LogP contribution in [0.15, 0.2) is 5.11 Å². The topological polar surface area (TPSA) is 84.6 Å². The van der Waals surface area contributed by atoms with E-state index in [-0.39, 0.29) is 0 Å². The molecule has 0 radical (unpaired) electrons. The lowest BCUT2D eigenvalue weighted by molar-refractivity contribution is 0.208. The zero-order valence-electron chi connectivity index (χ0n) is 11.4. The number of azide groups is 1. The highest BCUT2D eigenvalue weighted by Crippen LogP contribution is 2.35. The largest absolute Gasteiger partial charge is 0.299 e. The molecule has 0 bridgehead atoms. The van der Waals surface area contributed by atoms with Crippen LogP contribution >= 0.6 is 0 Å². The van der Waals surface area contributed by atoms with Crippen LogP contribution in [0.1, 0.15) is 46.0 Å². The van der Waals surface area contributed by atoms with E-state index in [9.17, 15) is 5.26 Å². The maximum absolute atomic E-state index is 9.43. The van der Waals surface area contributed by atoms with Crippen LogP contribution in [0.3, 0.4) is 0 Å². The first kappa shape index (κ1) is 14.8. The Labute approximate surface area is 109 Å². The van der Waals surface area contributed by atoms with Gasteiger partial charge in [0.15, 0.2) is 0 Å². The van der Waals surface area contributed by atoms with Crippen LogP contribution in [-0.4, -0.2) is 18.6 Å². The van der Waals surface area contributed by atoms with Gasteiger partial charge in [0.2, 0.25) is 0 Å². The van der Waals surface area contributed by atoms with Gasteiger partial charge in [0.25, 0.3) is 0 Å². The summed E-state index contributed by atoms with van der Waals surface area (Å²) in [7, 11) is 0. The van der Waals surface area contributed by atoms with Gasteiger partial charge in [-0.1, -0.05) is 31.8 Å². The summed E-state index contributed by atoms with van der Waals surface area (Å²) in [6, 6.07) is 2.45. The highest BCUT2D eigenvalue weighted by molar-refractivity contribution is 5.09. The fourth-order valence-electron chi connectivity index (χ4n) is 2.95. The highest BCUT2D eigenvalue weighted by atomic mass is 15.1. The maximum atomic E-state index is 9.43. The summed E-state index contributed by atoms with van der Waals surface area (Å²) in [6.07, 6.45) is 5.38. The Morgan fingerprint density at radius 3 is 3.00 bits per heavy atom. The van der Waals surface area contributed by atoms with Crippen molar-refractivity contribution < 1.29 is 0 Å². The molecule has 0 aromatic carbocycles. The van der Waals surface area contributed by atoms with Crippen LogP contribution in [0, 0.1) is 23.2 Å². The van der Waals surface area contributed by atoms with E-state index >= 15 is 0 Å². The molecule has 0 aromatic rings. The molecule has 100 valence electrons. The Balaban J connectivity index is 2.52. The molecule has 0 heterocycles. The van der Waals surface area contributed by atoms with Gasteiger partial charge in [-0.25, -0.2) is 0 Å². The monoisotopic (exact) mass is 249 g/mol. The Morgan fingerprint density at radius 1 is 1.61 bits per heavy atom. The molecule has 1 aliphatic rings. The molecule has 1 fully saturated rings. The van der Waals surface area contributed by atoms with Crippen LogP contribution in [0.4, 0.5) is 0 Å². The lowest BCUT2D eigenvalue weighted by Gasteiger charge is -2.37. The number of nitriles is 1. The molecule has 0 aliphatic heterocycles. The number of hydrogen-bond donors (Lipinski definition) is 1. The minimum atomic E-state index is -0.400. The Kier molecular flexibility index (Phi) is 5.97. The molecule has 5 nitrogen and oxygen atoms in total. The normalized spacial score (nSPS) is 27.6. The first-order valence-corrected chi connectivity index (χ1v) is 6.79. The average Bonchev–Trinajstić information content (AvgIpc) is 2.34. The molecule has 1 rings (SSSR count). The van der Waals surface area contributed by atoms with Crippen molar-refractivity contribution in [2.45, 2.75) is 51.5 Å². The molecule has 0 amide bonds. The van der Waals surface area contributed by atoms with Crippen molar-refractivity contribution in [1.82, 2.24) is 5.32 Å².